The van der Waals surface area contributed by atoms with Crippen molar-refractivity contribution < 1.29 is 4.79 Å². The Hall–Kier alpha value is -1.93. The predicted octanol–water partition coefficient (Wildman–Crippen LogP) is 3.12. The maximum absolute atomic E-state index is 12.2. The Balaban J connectivity index is 2.13. The van der Waals surface area contributed by atoms with E-state index < -0.39 is 6.04 Å². The monoisotopic (exact) mass is 253 g/mol. The molecule has 0 aliphatic heterocycles. The zero-order valence-electron chi connectivity index (χ0n) is 11.4. The van der Waals surface area contributed by atoms with Crippen molar-refractivity contribution in [2.45, 2.75) is 26.3 Å². The van der Waals surface area contributed by atoms with Crippen molar-refractivity contribution in [1.29, 1.82) is 0 Å². The Morgan fingerprint density at radius 2 is 1.63 bits per heavy atom. The van der Waals surface area contributed by atoms with Crippen LogP contribution in [0.5, 0.6) is 0 Å². The summed E-state index contributed by atoms with van der Waals surface area (Å²) < 4.78 is 0. The van der Waals surface area contributed by atoms with Gasteiger partial charge in [0.2, 0.25) is 0 Å². The van der Waals surface area contributed by atoms with E-state index in [9.17, 15) is 4.79 Å². The SMILES string of the molecule is Cc1cc(C)cc(CC(=O)[C@H](N)c2ccccc2)c1. The van der Waals surface area contributed by atoms with Crippen LogP contribution in [0.4, 0.5) is 0 Å². The Kier molecular flexibility index (Phi) is 4.13. The van der Waals surface area contributed by atoms with Gasteiger partial charge < -0.3 is 5.73 Å². The van der Waals surface area contributed by atoms with Crippen LogP contribution in [0.15, 0.2) is 48.5 Å². The van der Waals surface area contributed by atoms with Gasteiger partial charge in [0.25, 0.3) is 0 Å². The van der Waals surface area contributed by atoms with Crippen LogP contribution >= 0.6 is 0 Å². The van der Waals surface area contributed by atoms with E-state index in [1.807, 2.05) is 56.3 Å². The average molecular weight is 253 g/mol. The summed E-state index contributed by atoms with van der Waals surface area (Å²) in [5.74, 6) is 0.0520. The number of carbonyl (C=O) groups excluding carboxylic acids is 1. The molecule has 0 fully saturated rings. The predicted molar refractivity (Wildman–Crippen MR) is 78.0 cm³/mol. The first-order valence-electron chi connectivity index (χ1n) is 6.46. The van der Waals surface area contributed by atoms with Crippen molar-refractivity contribution >= 4 is 5.78 Å². The summed E-state index contributed by atoms with van der Waals surface area (Å²) in [5.41, 5.74) is 10.3. The average Bonchev–Trinajstić information content (AvgIpc) is 2.37. The van der Waals surface area contributed by atoms with E-state index in [4.69, 9.17) is 5.73 Å². The van der Waals surface area contributed by atoms with Crippen molar-refractivity contribution in [3.63, 3.8) is 0 Å². The standard InChI is InChI=1S/C17H19NO/c1-12-8-13(2)10-14(9-12)11-16(19)17(18)15-6-4-3-5-7-15/h3-10,17H,11,18H2,1-2H3/t17-/m1/s1. The van der Waals surface area contributed by atoms with Crippen LogP contribution in [0.2, 0.25) is 0 Å². The fraction of sp³-hybridized carbons (Fsp3) is 0.235. The molecule has 0 aliphatic carbocycles. The van der Waals surface area contributed by atoms with Gasteiger partial charge in [0.15, 0.2) is 5.78 Å². The highest BCUT2D eigenvalue weighted by molar-refractivity contribution is 5.87. The zero-order valence-corrected chi connectivity index (χ0v) is 11.4. The number of hydrogen-bond donors (Lipinski definition) is 1. The molecular weight excluding hydrogens is 234 g/mol. The van der Waals surface area contributed by atoms with Crippen molar-refractivity contribution in [3.05, 3.63) is 70.8 Å². The van der Waals surface area contributed by atoms with Gasteiger partial charge in [-0.05, 0) is 25.0 Å². The number of rotatable bonds is 4. The third-order valence-corrected chi connectivity index (χ3v) is 3.17. The number of aryl methyl sites for hydroxylation is 2. The van der Waals surface area contributed by atoms with E-state index in [-0.39, 0.29) is 5.78 Å². The number of benzene rings is 2. The lowest BCUT2D eigenvalue weighted by Gasteiger charge is -2.11. The Morgan fingerprint density at radius 1 is 1.05 bits per heavy atom. The summed E-state index contributed by atoms with van der Waals surface area (Å²) >= 11 is 0. The molecule has 0 spiro atoms. The first-order chi connectivity index (χ1) is 9.06. The molecule has 0 amide bonds. The Labute approximate surface area is 114 Å². The van der Waals surface area contributed by atoms with E-state index in [1.54, 1.807) is 0 Å². The minimum Gasteiger partial charge on any atom is -0.318 e. The highest BCUT2D eigenvalue weighted by atomic mass is 16.1. The van der Waals surface area contributed by atoms with Crippen molar-refractivity contribution in [3.8, 4) is 0 Å². The van der Waals surface area contributed by atoms with Crippen molar-refractivity contribution in [2.24, 2.45) is 5.73 Å². The molecule has 0 aromatic heterocycles. The van der Waals surface area contributed by atoms with Crippen LogP contribution in [-0.2, 0) is 11.2 Å². The fourth-order valence-electron chi connectivity index (χ4n) is 2.33. The highest BCUT2D eigenvalue weighted by Crippen LogP contribution is 2.15. The fourth-order valence-corrected chi connectivity index (χ4v) is 2.33. The second-order valence-corrected chi connectivity index (χ2v) is 5.03. The topological polar surface area (TPSA) is 43.1 Å². The molecule has 2 heteroatoms. The smallest absolute Gasteiger partial charge is 0.158 e. The lowest BCUT2D eigenvalue weighted by Crippen LogP contribution is -2.23. The maximum Gasteiger partial charge on any atom is 0.158 e. The maximum atomic E-state index is 12.2. The molecule has 98 valence electrons. The molecule has 0 radical (unpaired) electrons. The lowest BCUT2D eigenvalue weighted by atomic mass is 9.97. The summed E-state index contributed by atoms with van der Waals surface area (Å²) in [7, 11) is 0. The minimum atomic E-state index is -0.540. The van der Waals surface area contributed by atoms with E-state index in [2.05, 4.69) is 6.07 Å². The van der Waals surface area contributed by atoms with Gasteiger partial charge in [0.05, 0.1) is 6.04 Å². The first-order valence-corrected chi connectivity index (χ1v) is 6.46. The van der Waals surface area contributed by atoms with Crippen molar-refractivity contribution in [1.82, 2.24) is 0 Å². The van der Waals surface area contributed by atoms with Gasteiger partial charge in [0.1, 0.15) is 0 Å². The molecule has 0 aliphatic rings. The molecule has 2 nitrogen and oxygen atoms in total. The Bertz CT molecular complexity index is 555. The summed E-state index contributed by atoms with van der Waals surface area (Å²) in [4.78, 5) is 12.2. The summed E-state index contributed by atoms with van der Waals surface area (Å²) in [6.07, 6.45) is 0.387. The summed E-state index contributed by atoms with van der Waals surface area (Å²) in [6.45, 7) is 4.08. The molecule has 0 unspecified atom stereocenters. The largest absolute Gasteiger partial charge is 0.318 e. The zero-order chi connectivity index (χ0) is 13.8. The minimum absolute atomic E-state index is 0.0520. The number of carbonyl (C=O) groups is 1. The van der Waals surface area contributed by atoms with E-state index in [0.29, 0.717) is 6.42 Å². The lowest BCUT2D eigenvalue weighted by molar-refractivity contribution is -0.119. The Morgan fingerprint density at radius 3 is 2.21 bits per heavy atom. The van der Waals surface area contributed by atoms with Gasteiger partial charge in [-0.25, -0.2) is 0 Å². The van der Waals surface area contributed by atoms with Crippen molar-refractivity contribution in [2.75, 3.05) is 0 Å². The van der Waals surface area contributed by atoms with Crippen LogP contribution < -0.4 is 5.73 Å². The first kappa shape index (κ1) is 13.5. The summed E-state index contributed by atoms with van der Waals surface area (Å²) in [6, 6.07) is 15.2. The molecule has 2 N–H and O–H groups in total. The molecular formula is C17H19NO. The molecule has 0 heterocycles. The third-order valence-electron chi connectivity index (χ3n) is 3.17. The number of ketones is 1. The number of hydrogen-bond acceptors (Lipinski definition) is 2. The van der Waals surface area contributed by atoms with E-state index >= 15 is 0 Å². The highest BCUT2D eigenvalue weighted by Gasteiger charge is 2.15. The van der Waals surface area contributed by atoms with Crippen LogP contribution in [-0.4, -0.2) is 5.78 Å². The second kappa shape index (κ2) is 5.81. The van der Waals surface area contributed by atoms with Crippen LogP contribution in [0.1, 0.15) is 28.3 Å². The molecule has 0 saturated carbocycles. The van der Waals surface area contributed by atoms with Gasteiger partial charge in [-0.1, -0.05) is 59.7 Å². The van der Waals surface area contributed by atoms with Gasteiger partial charge in [-0.15, -0.1) is 0 Å². The molecule has 2 rings (SSSR count). The third kappa shape index (κ3) is 3.52. The summed E-state index contributed by atoms with van der Waals surface area (Å²) in [5, 5.41) is 0. The molecule has 19 heavy (non-hydrogen) atoms. The van der Waals surface area contributed by atoms with Gasteiger partial charge in [-0.2, -0.15) is 0 Å². The van der Waals surface area contributed by atoms with E-state index in [1.165, 1.54) is 11.1 Å². The molecule has 1 atom stereocenters. The molecule has 0 bridgehead atoms. The molecule has 0 saturated heterocycles. The van der Waals surface area contributed by atoms with Gasteiger partial charge >= 0.3 is 0 Å². The number of nitrogens with two attached hydrogens (primary N) is 1. The van der Waals surface area contributed by atoms with Gasteiger partial charge in [0, 0.05) is 6.42 Å². The van der Waals surface area contributed by atoms with Crippen LogP contribution in [0.25, 0.3) is 0 Å². The normalized spacial score (nSPS) is 12.2. The van der Waals surface area contributed by atoms with Crippen LogP contribution in [0.3, 0.4) is 0 Å². The van der Waals surface area contributed by atoms with Crippen LogP contribution in [0, 0.1) is 13.8 Å². The second-order valence-electron chi connectivity index (χ2n) is 5.03. The van der Waals surface area contributed by atoms with Gasteiger partial charge in [-0.3, -0.25) is 4.79 Å². The quantitative estimate of drug-likeness (QED) is 0.909. The van der Waals surface area contributed by atoms with E-state index in [0.717, 1.165) is 11.1 Å². The molecule has 2 aromatic rings. The number of Topliss-reactive ketones (excluding diaryl/α,β-unsaturated/α-hetero) is 1. The molecule has 2 aromatic carbocycles.